The van der Waals surface area contributed by atoms with Gasteiger partial charge in [0, 0.05) is 19.5 Å². The van der Waals surface area contributed by atoms with E-state index < -0.39 is 23.3 Å². The summed E-state index contributed by atoms with van der Waals surface area (Å²) in [5.74, 6) is 0.591. The van der Waals surface area contributed by atoms with Gasteiger partial charge in [-0.3, -0.25) is 4.99 Å². The number of amides is 1. The van der Waals surface area contributed by atoms with Gasteiger partial charge < -0.3 is 25.8 Å². The molecule has 0 aliphatic rings. The third kappa shape index (κ3) is 13.3. The molecule has 1 unspecified atom stereocenters. The number of nitrogens with zero attached hydrogens (tertiary/aromatic N) is 1. The molecule has 0 fully saturated rings. The molecule has 0 heterocycles. The zero-order valence-corrected chi connectivity index (χ0v) is 20.7. The molecular weight excluding hydrogens is 483 g/mol. The monoisotopic (exact) mass is 520 g/mol. The Kier molecular flexibility index (Phi) is 12.2. The Hall–Kier alpha value is -1.55. The lowest BCUT2D eigenvalue weighted by Crippen LogP contribution is -2.49. The number of aliphatic hydroxyl groups is 1. The minimum Gasteiger partial charge on any atom is -0.444 e. The first-order valence-electron chi connectivity index (χ1n) is 9.76. The van der Waals surface area contributed by atoms with Crippen molar-refractivity contribution >= 4 is 36.0 Å². The van der Waals surface area contributed by atoms with Crippen LogP contribution in [-0.4, -0.2) is 54.0 Å². The number of alkyl carbamates (subject to hydrolysis) is 1. The Morgan fingerprint density at radius 1 is 1.14 bits per heavy atom. The predicted octanol–water partition coefficient (Wildman–Crippen LogP) is 3.07. The second-order valence-corrected chi connectivity index (χ2v) is 8.43. The van der Waals surface area contributed by atoms with Gasteiger partial charge >= 0.3 is 6.09 Å². The molecular formula is C21H37IN4O3. The van der Waals surface area contributed by atoms with E-state index in [1.165, 1.54) is 0 Å². The normalized spacial score (nSPS) is 13.1. The Bertz CT molecular complexity index is 631. The van der Waals surface area contributed by atoms with Crippen molar-refractivity contribution in [3.05, 3.63) is 35.9 Å². The molecule has 0 saturated heterocycles. The number of hydrogen-bond donors (Lipinski definition) is 4. The molecule has 1 amide bonds. The Balaban J connectivity index is 0.00000784. The van der Waals surface area contributed by atoms with Gasteiger partial charge in [0.05, 0.1) is 18.2 Å². The maximum Gasteiger partial charge on any atom is 0.408 e. The molecule has 0 aliphatic carbocycles. The number of hydrogen-bond acceptors (Lipinski definition) is 4. The second-order valence-electron chi connectivity index (χ2n) is 8.43. The number of benzene rings is 1. The van der Waals surface area contributed by atoms with Crippen molar-refractivity contribution in [1.82, 2.24) is 16.0 Å². The lowest BCUT2D eigenvalue weighted by atomic mass is 10.1. The van der Waals surface area contributed by atoms with Crippen molar-refractivity contribution in [2.24, 2.45) is 4.99 Å². The van der Waals surface area contributed by atoms with Gasteiger partial charge in [-0.1, -0.05) is 30.3 Å². The molecule has 1 atom stereocenters. The number of carbonyl (C=O) groups excluding carboxylic acids is 1. The van der Waals surface area contributed by atoms with Gasteiger partial charge in [-0.25, -0.2) is 4.79 Å². The van der Waals surface area contributed by atoms with Crippen molar-refractivity contribution in [3.8, 4) is 0 Å². The fourth-order valence-corrected chi connectivity index (χ4v) is 2.41. The van der Waals surface area contributed by atoms with Gasteiger partial charge in [0.1, 0.15) is 5.60 Å². The highest BCUT2D eigenvalue weighted by molar-refractivity contribution is 14.0. The summed E-state index contributed by atoms with van der Waals surface area (Å²) in [6.07, 6.45) is -0.429. The molecule has 7 nitrogen and oxygen atoms in total. The number of nitrogens with one attached hydrogen (secondary N) is 3. The molecule has 0 saturated carbocycles. The number of guanidine groups is 1. The van der Waals surface area contributed by atoms with Gasteiger partial charge in [0.25, 0.3) is 0 Å². The van der Waals surface area contributed by atoms with E-state index in [0.29, 0.717) is 32.0 Å². The Labute approximate surface area is 192 Å². The number of rotatable bonds is 8. The molecule has 29 heavy (non-hydrogen) atoms. The minimum atomic E-state index is -0.576. The van der Waals surface area contributed by atoms with Crippen LogP contribution in [0.3, 0.4) is 0 Å². The standard InChI is InChI=1S/C21H36N4O3.HI/c1-7-22-18(23-14-17(26)13-16-11-9-8-10-12-16)24-15-21(5,6)25-19(27)28-20(2,3)4;/h8-12,17,26H,7,13-15H2,1-6H3,(H,25,27)(H2,22,23,24);1H. The molecule has 1 rings (SSSR count). The summed E-state index contributed by atoms with van der Waals surface area (Å²) in [5.41, 5.74) is -0.0382. The first-order valence-corrected chi connectivity index (χ1v) is 9.76. The number of ether oxygens (including phenoxy) is 1. The quantitative estimate of drug-likeness (QED) is 0.240. The van der Waals surface area contributed by atoms with Crippen LogP contribution in [-0.2, 0) is 11.2 Å². The molecule has 166 valence electrons. The van der Waals surface area contributed by atoms with Crippen LogP contribution >= 0.6 is 24.0 Å². The summed E-state index contributed by atoms with van der Waals surface area (Å²) in [6, 6.07) is 9.86. The van der Waals surface area contributed by atoms with Gasteiger partial charge in [-0.05, 0) is 47.1 Å². The molecule has 4 N–H and O–H groups in total. The van der Waals surface area contributed by atoms with E-state index in [4.69, 9.17) is 4.74 Å². The second kappa shape index (κ2) is 12.9. The molecule has 0 aliphatic heterocycles. The average molecular weight is 520 g/mol. The average Bonchev–Trinajstić information content (AvgIpc) is 2.56. The summed E-state index contributed by atoms with van der Waals surface area (Å²) in [7, 11) is 0. The lowest BCUT2D eigenvalue weighted by Gasteiger charge is -2.27. The Morgan fingerprint density at radius 3 is 2.31 bits per heavy atom. The molecule has 1 aromatic rings. The van der Waals surface area contributed by atoms with E-state index in [9.17, 15) is 9.90 Å². The summed E-state index contributed by atoms with van der Waals surface area (Å²) < 4.78 is 5.30. The van der Waals surface area contributed by atoms with Crippen LogP contribution in [0.15, 0.2) is 35.3 Å². The van der Waals surface area contributed by atoms with Crippen molar-refractivity contribution in [2.75, 3.05) is 19.6 Å². The van der Waals surface area contributed by atoms with Crippen LogP contribution in [0.2, 0.25) is 0 Å². The van der Waals surface area contributed by atoms with E-state index in [0.717, 1.165) is 5.56 Å². The van der Waals surface area contributed by atoms with Gasteiger partial charge in [0.15, 0.2) is 5.96 Å². The van der Waals surface area contributed by atoms with Crippen molar-refractivity contribution in [2.45, 2.75) is 65.2 Å². The van der Waals surface area contributed by atoms with E-state index in [2.05, 4.69) is 20.9 Å². The molecule has 8 heteroatoms. The zero-order chi connectivity index (χ0) is 21.2. The maximum absolute atomic E-state index is 12.0. The van der Waals surface area contributed by atoms with Crippen LogP contribution < -0.4 is 16.0 Å². The molecule has 0 radical (unpaired) electrons. The van der Waals surface area contributed by atoms with E-state index in [1.54, 1.807) is 0 Å². The van der Waals surface area contributed by atoms with Crippen molar-refractivity contribution in [3.63, 3.8) is 0 Å². The van der Waals surface area contributed by atoms with Gasteiger partial charge in [-0.2, -0.15) is 0 Å². The molecule has 0 bridgehead atoms. The van der Waals surface area contributed by atoms with Crippen LogP contribution in [0.5, 0.6) is 0 Å². The number of halogens is 1. The summed E-state index contributed by atoms with van der Waals surface area (Å²) >= 11 is 0. The van der Waals surface area contributed by atoms with Crippen molar-refractivity contribution < 1.29 is 14.6 Å². The van der Waals surface area contributed by atoms with E-state index in [1.807, 2.05) is 71.9 Å². The van der Waals surface area contributed by atoms with E-state index in [-0.39, 0.29) is 24.0 Å². The molecule has 0 spiro atoms. The fourth-order valence-electron chi connectivity index (χ4n) is 2.41. The molecule has 1 aromatic carbocycles. The summed E-state index contributed by atoms with van der Waals surface area (Å²) in [4.78, 5) is 16.5. The summed E-state index contributed by atoms with van der Waals surface area (Å²) in [6.45, 7) is 12.6. The fraction of sp³-hybridized carbons (Fsp3) is 0.619. The Morgan fingerprint density at radius 2 is 1.76 bits per heavy atom. The minimum absolute atomic E-state index is 0. The number of carbonyl (C=O) groups is 1. The first-order chi connectivity index (χ1) is 13.0. The smallest absolute Gasteiger partial charge is 0.408 e. The first kappa shape index (κ1) is 27.5. The lowest BCUT2D eigenvalue weighted by molar-refractivity contribution is 0.0476. The highest BCUT2D eigenvalue weighted by Crippen LogP contribution is 2.10. The van der Waals surface area contributed by atoms with Crippen LogP contribution in [0.25, 0.3) is 0 Å². The predicted molar refractivity (Wildman–Crippen MR) is 129 cm³/mol. The topological polar surface area (TPSA) is 95.0 Å². The molecule has 0 aromatic heterocycles. The SMILES string of the molecule is CCNC(=NCC(C)(C)NC(=O)OC(C)(C)C)NCC(O)Cc1ccccc1.I. The van der Waals surface area contributed by atoms with Gasteiger partial charge in [0.2, 0.25) is 0 Å². The van der Waals surface area contributed by atoms with Crippen LogP contribution in [0.1, 0.15) is 47.1 Å². The van der Waals surface area contributed by atoms with E-state index >= 15 is 0 Å². The van der Waals surface area contributed by atoms with Crippen molar-refractivity contribution in [1.29, 1.82) is 0 Å². The van der Waals surface area contributed by atoms with Crippen LogP contribution in [0.4, 0.5) is 4.79 Å². The zero-order valence-electron chi connectivity index (χ0n) is 18.4. The number of aliphatic imine (C=N–C) groups is 1. The largest absolute Gasteiger partial charge is 0.444 e. The third-order valence-electron chi connectivity index (χ3n) is 3.64. The highest BCUT2D eigenvalue weighted by Gasteiger charge is 2.24. The van der Waals surface area contributed by atoms with Gasteiger partial charge in [-0.15, -0.1) is 24.0 Å². The van der Waals surface area contributed by atoms with Crippen LogP contribution in [0, 0.1) is 0 Å². The highest BCUT2D eigenvalue weighted by atomic mass is 127. The number of aliphatic hydroxyl groups excluding tert-OH is 1. The summed E-state index contributed by atoms with van der Waals surface area (Å²) in [5, 5.41) is 19.4. The maximum atomic E-state index is 12.0. The third-order valence-corrected chi connectivity index (χ3v) is 3.64.